The van der Waals surface area contributed by atoms with Crippen LogP contribution in [0.2, 0.25) is 0 Å². The number of aliphatic hydroxyl groups excluding tert-OH is 1. The predicted octanol–water partition coefficient (Wildman–Crippen LogP) is -0.778. The van der Waals surface area contributed by atoms with E-state index in [-0.39, 0.29) is 19.6 Å². The van der Waals surface area contributed by atoms with E-state index in [2.05, 4.69) is 11.1 Å². The molecule has 0 radical (unpaired) electrons. The summed E-state index contributed by atoms with van der Waals surface area (Å²) in [6, 6.07) is 0. The van der Waals surface area contributed by atoms with Gasteiger partial charge in [0.2, 0.25) is 0 Å². The van der Waals surface area contributed by atoms with Gasteiger partial charge in [-0.2, -0.15) is 0 Å². The zero-order valence-corrected chi connectivity index (χ0v) is 15.9. The molecule has 0 amide bonds. The first-order valence-corrected chi connectivity index (χ1v) is 8.93. The number of carbonyl (C=O) groups is 2. The number of hydrogen-bond acceptors (Lipinski definition) is 7. The molecule has 0 rings (SSSR count). The van der Waals surface area contributed by atoms with Crippen molar-refractivity contribution in [3.8, 4) is 0 Å². The van der Waals surface area contributed by atoms with E-state index in [0.29, 0.717) is 11.0 Å². The number of carboxylic acids is 2. The second-order valence-corrected chi connectivity index (χ2v) is 7.40. The molecular weight excluding hydrogens is 357 g/mol. The number of likely N-dealkylation sites (N-methyl/N-ethyl adjacent to an activating group) is 1. The van der Waals surface area contributed by atoms with E-state index in [1.807, 2.05) is 21.1 Å². The van der Waals surface area contributed by atoms with Crippen molar-refractivity contribution in [1.82, 2.24) is 0 Å². The summed E-state index contributed by atoms with van der Waals surface area (Å²) < 4.78 is 20.9. The number of quaternary nitrogens is 1. The van der Waals surface area contributed by atoms with E-state index in [1.165, 1.54) is 0 Å². The van der Waals surface area contributed by atoms with Gasteiger partial charge in [-0.25, -0.2) is 9.36 Å². The summed E-state index contributed by atoms with van der Waals surface area (Å²) in [5.74, 6) is -4.23. The molecule has 0 aliphatic carbocycles. The largest absolute Gasteiger partial charge is 0.549 e. The number of aliphatic carboxylic acids is 2. The van der Waals surface area contributed by atoms with Crippen LogP contribution in [-0.4, -0.2) is 79.0 Å². The standard InChI is InChI=1S/C7H18NO4P.C7H10O5/c1-5-11-13(9,10)12-7-6-8(2,3)4;1-4(6(9)10)5(2-3-8)7(11)12/h5-7H2,1-4H3;5,8H,1-3H2,(H,9,10)(H,11,12). The zero-order chi connectivity index (χ0) is 20.3. The van der Waals surface area contributed by atoms with E-state index >= 15 is 0 Å². The SMILES string of the molecule is C=C(C(=O)O)C(CCO)C(=O)[O-].CCOP(=O)(O)OCC[N+](C)(C)C. The summed E-state index contributed by atoms with van der Waals surface area (Å²) in [6.45, 7) is 5.36. The zero-order valence-electron chi connectivity index (χ0n) is 15.0. The Balaban J connectivity index is 0. The fourth-order valence-corrected chi connectivity index (χ4v) is 2.06. The third-order valence-electron chi connectivity index (χ3n) is 2.71. The number of rotatable bonds is 11. The molecule has 3 N–H and O–H groups in total. The molecule has 2 unspecified atom stereocenters. The lowest BCUT2D eigenvalue weighted by Crippen LogP contribution is -2.37. The molecule has 11 heteroatoms. The van der Waals surface area contributed by atoms with Crippen LogP contribution in [0.4, 0.5) is 0 Å². The van der Waals surface area contributed by atoms with Gasteiger partial charge in [-0.15, -0.1) is 0 Å². The van der Waals surface area contributed by atoms with Crippen LogP contribution in [0, 0.1) is 5.92 Å². The molecule has 0 aromatic heterocycles. The van der Waals surface area contributed by atoms with Crippen LogP contribution >= 0.6 is 7.82 Å². The highest BCUT2D eigenvalue weighted by atomic mass is 31.2. The molecule has 0 aromatic carbocycles. The van der Waals surface area contributed by atoms with Crippen LogP contribution in [-0.2, 0) is 23.2 Å². The van der Waals surface area contributed by atoms with Crippen molar-refractivity contribution in [3.63, 3.8) is 0 Å². The Labute approximate surface area is 147 Å². The second-order valence-electron chi connectivity index (χ2n) is 5.95. The van der Waals surface area contributed by atoms with Gasteiger partial charge in [0.05, 0.1) is 27.7 Å². The van der Waals surface area contributed by atoms with Gasteiger partial charge in [-0.1, -0.05) is 6.58 Å². The van der Waals surface area contributed by atoms with Crippen LogP contribution in [0.1, 0.15) is 13.3 Å². The van der Waals surface area contributed by atoms with Crippen LogP contribution in [0.5, 0.6) is 0 Å². The number of nitrogens with zero attached hydrogens (tertiary/aromatic N) is 1. The van der Waals surface area contributed by atoms with Gasteiger partial charge in [0.25, 0.3) is 0 Å². The smallest absolute Gasteiger partial charge is 0.472 e. The van der Waals surface area contributed by atoms with Crippen molar-refractivity contribution < 1.29 is 47.9 Å². The van der Waals surface area contributed by atoms with Crippen LogP contribution in [0.25, 0.3) is 0 Å². The summed E-state index contributed by atoms with van der Waals surface area (Å²) in [4.78, 5) is 29.6. The molecule has 0 aromatic rings. The Hall–Kier alpha value is -1.29. The summed E-state index contributed by atoms with van der Waals surface area (Å²) in [5, 5.41) is 27.0. The first kappa shape index (κ1) is 25.9. The van der Waals surface area contributed by atoms with E-state index < -0.39 is 37.9 Å². The minimum atomic E-state index is -3.79. The molecule has 0 fully saturated rings. The molecule has 148 valence electrons. The fourth-order valence-electron chi connectivity index (χ4n) is 1.34. The average Bonchev–Trinajstić information content (AvgIpc) is 2.42. The Bertz CT molecular complexity index is 487. The maximum absolute atomic E-state index is 11.0. The first-order valence-electron chi connectivity index (χ1n) is 7.43. The van der Waals surface area contributed by atoms with Crippen molar-refractivity contribution in [3.05, 3.63) is 12.2 Å². The molecule has 2 atom stereocenters. The van der Waals surface area contributed by atoms with Crippen molar-refractivity contribution in [2.24, 2.45) is 5.92 Å². The minimum absolute atomic E-state index is 0.179. The highest BCUT2D eigenvalue weighted by Gasteiger charge is 2.21. The van der Waals surface area contributed by atoms with E-state index in [1.54, 1.807) is 6.92 Å². The lowest BCUT2D eigenvalue weighted by molar-refractivity contribution is -0.870. The molecular formula is C14H28NO9P. The summed E-state index contributed by atoms with van der Waals surface area (Å²) in [5.41, 5.74) is -0.468. The predicted molar refractivity (Wildman–Crippen MR) is 87.3 cm³/mol. The van der Waals surface area contributed by atoms with E-state index in [4.69, 9.17) is 19.6 Å². The van der Waals surface area contributed by atoms with Gasteiger partial charge in [-0.3, -0.25) is 9.05 Å². The first-order chi connectivity index (χ1) is 11.3. The Morgan fingerprint density at radius 3 is 2.12 bits per heavy atom. The quantitative estimate of drug-likeness (QED) is 0.236. The maximum atomic E-state index is 11.0. The van der Waals surface area contributed by atoms with Crippen molar-refractivity contribution >= 4 is 19.8 Å². The second kappa shape index (κ2) is 12.1. The van der Waals surface area contributed by atoms with Crippen molar-refractivity contribution in [2.75, 3.05) is 47.5 Å². The molecule has 25 heavy (non-hydrogen) atoms. The Morgan fingerprint density at radius 1 is 1.28 bits per heavy atom. The molecule has 0 aliphatic heterocycles. The Morgan fingerprint density at radius 2 is 1.80 bits per heavy atom. The van der Waals surface area contributed by atoms with E-state index in [0.717, 1.165) is 0 Å². The van der Waals surface area contributed by atoms with Gasteiger partial charge in [0, 0.05) is 24.1 Å². The van der Waals surface area contributed by atoms with Gasteiger partial charge in [0.1, 0.15) is 13.2 Å². The van der Waals surface area contributed by atoms with E-state index in [9.17, 15) is 19.3 Å². The number of phosphoric ester groups is 1. The molecule has 0 heterocycles. The minimum Gasteiger partial charge on any atom is -0.549 e. The van der Waals surface area contributed by atoms with Gasteiger partial charge >= 0.3 is 13.8 Å². The van der Waals surface area contributed by atoms with Gasteiger partial charge in [0.15, 0.2) is 0 Å². The monoisotopic (exact) mass is 385 g/mol. The topological polar surface area (TPSA) is 153 Å². The highest BCUT2D eigenvalue weighted by Crippen LogP contribution is 2.42. The number of aliphatic hydroxyl groups is 1. The molecule has 10 nitrogen and oxygen atoms in total. The highest BCUT2D eigenvalue weighted by molar-refractivity contribution is 7.47. The molecule has 0 spiro atoms. The number of carbonyl (C=O) groups excluding carboxylic acids is 1. The summed E-state index contributed by atoms with van der Waals surface area (Å²) >= 11 is 0. The van der Waals surface area contributed by atoms with Gasteiger partial charge in [-0.05, 0) is 13.3 Å². The third-order valence-corrected chi connectivity index (χ3v) is 3.80. The fraction of sp³-hybridized carbons (Fsp3) is 0.714. The van der Waals surface area contributed by atoms with Crippen molar-refractivity contribution in [2.45, 2.75) is 13.3 Å². The molecule has 0 aliphatic rings. The Kier molecular flexibility index (Phi) is 12.6. The number of carboxylic acid groups (broad SMARTS) is 2. The summed E-state index contributed by atoms with van der Waals surface area (Å²) in [7, 11) is 2.15. The lowest BCUT2D eigenvalue weighted by Gasteiger charge is -2.23. The van der Waals surface area contributed by atoms with Gasteiger partial charge < -0.3 is 29.5 Å². The third kappa shape index (κ3) is 14.7. The van der Waals surface area contributed by atoms with Crippen LogP contribution in [0.3, 0.4) is 0 Å². The molecule has 0 saturated carbocycles. The van der Waals surface area contributed by atoms with Crippen LogP contribution in [0.15, 0.2) is 12.2 Å². The molecule has 0 bridgehead atoms. The number of hydrogen-bond donors (Lipinski definition) is 3. The molecule has 0 saturated heterocycles. The number of phosphoric acid groups is 1. The normalized spacial score (nSPS) is 14.6. The summed E-state index contributed by atoms with van der Waals surface area (Å²) in [6.07, 6.45) is -0.187. The average molecular weight is 385 g/mol. The lowest BCUT2D eigenvalue weighted by atomic mass is 9.98. The van der Waals surface area contributed by atoms with Crippen LogP contribution < -0.4 is 5.11 Å². The maximum Gasteiger partial charge on any atom is 0.472 e. The van der Waals surface area contributed by atoms with Crippen molar-refractivity contribution in [1.29, 1.82) is 0 Å².